The fourth-order valence-electron chi connectivity index (χ4n) is 3.91. The van der Waals surface area contributed by atoms with Gasteiger partial charge in [-0.3, -0.25) is 15.0 Å². The summed E-state index contributed by atoms with van der Waals surface area (Å²) in [4.78, 5) is 33.1. The highest BCUT2D eigenvalue weighted by molar-refractivity contribution is 5.91. The first-order chi connectivity index (χ1) is 14.8. The SMILES string of the molecule is COC1=CC(C(=O)NCC(F)(F)F)NC2=C1N1CC[C@@H](C1)N2C(=O)Nc1ccccn1. The molecule has 1 aromatic heterocycles. The number of hydrogen-bond acceptors (Lipinski definition) is 6. The summed E-state index contributed by atoms with van der Waals surface area (Å²) in [6, 6.07) is 3.31. The van der Waals surface area contributed by atoms with Gasteiger partial charge in [0.25, 0.3) is 0 Å². The van der Waals surface area contributed by atoms with Crippen molar-refractivity contribution >= 4 is 17.8 Å². The molecule has 9 nitrogen and oxygen atoms in total. The third-order valence-corrected chi connectivity index (χ3v) is 5.24. The smallest absolute Gasteiger partial charge is 0.405 e. The summed E-state index contributed by atoms with van der Waals surface area (Å²) >= 11 is 0. The molecule has 0 radical (unpaired) electrons. The van der Waals surface area contributed by atoms with Crippen LogP contribution in [-0.4, -0.2) is 71.7 Å². The molecule has 3 aliphatic heterocycles. The number of nitrogens with zero attached hydrogens (tertiary/aromatic N) is 3. The number of aromatic nitrogens is 1. The minimum absolute atomic E-state index is 0.176. The quantitative estimate of drug-likeness (QED) is 0.657. The van der Waals surface area contributed by atoms with Crippen molar-refractivity contribution in [3.63, 3.8) is 0 Å². The lowest BCUT2D eigenvalue weighted by Gasteiger charge is -2.42. The number of dihydropyridines is 1. The number of rotatable bonds is 4. The molecule has 4 heterocycles. The molecule has 0 saturated carbocycles. The predicted molar refractivity (Wildman–Crippen MR) is 103 cm³/mol. The summed E-state index contributed by atoms with van der Waals surface area (Å²) in [6.45, 7) is -0.212. The molecule has 0 aromatic carbocycles. The van der Waals surface area contributed by atoms with Gasteiger partial charge in [-0.2, -0.15) is 13.2 Å². The van der Waals surface area contributed by atoms with Crippen molar-refractivity contribution < 1.29 is 27.5 Å². The minimum Gasteiger partial charge on any atom is -0.495 e. The van der Waals surface area contributed by atoms with Crippen LogP contribution >= 0.6 is 0 Å². The van der Waals surface area contributed by atoms with E-state index in [1.165, 1.54) is 18.1 Å². The van der Waals surface area contributed by atoms with E-state index in [4.69, 9.17) is 4.74 Å². The van der Waals surface area contributed by atoms with Crippen LogP contribution in [0.2, 0.25) is 0 Å². The molecule has 3 amide bonds. The molecule has 166 valence electrons. The number of amides is 3. The van der Waals surface area contributed by atoms with Crippen molar-refractivity contribution in [1.82, 2.24) is 25.4 Å². The fourth-order valence-corrected chi connectivity index (χ4v) is 3.91. The maximum absolute atomic E-state index is 13.1. The summed E-state index contributed by atoms with van der Waals surface area (Å²) < 4.78 is 43.0. The van der Waals surface area contributed by atoms with E-state index in [0.29, 0.717) is 42.6 Å². The second kappa shape index (κ2) is 8.00. The normalized spacial score (nSPS) is 22.4. The molecule has 3 aliphatic rings. The van der Waals surface area contributed by atoms with Crippen LogP contribution in [0.1, 0.15) is 6.42 Å². The van der Waals surface area contributed by atoms with E-state index in [1.54, 1.807) is 24.4 Å². The maximum atomic E-state index is 13.1. The number of fused-ring (bicyclic) bond motifs is 3. The predicted octanol–water partition coefficient (Wildman–Crippen LogP) is 1.35. The van der Waals surface area contributed by atoms with Crippen LogP contribution in [0.5, 0.6) is 0 Å². The number of hydrogen-bond donors (Lipinski definition) is 3. The Balaban J connectivity index is 1.61. The van der Waals surface area contributed by atoms with Crippen LogP contribution in [0.25, 0.3) is 0 Å². The van der Waals surface area contributed by atoms with Crippen LogP contribution < -0.4 is 16.0 Å². The Morgan fingerprint density at radius 1 is 1.35 bits per heavy atom. The van der Waals surface area contributed by atoms with Crippen molar-refractivity contribution in [2.24, 2.45) is 0 Å². The van der Waals surface area contributed by atoms with E-state index < -0.39 is 30.7 Å². The van der Waals surface area contributed by atoms with Gasteiger partial charge in [-0.05, 0) is 24.6 Å². The first-order valence-electron chi connectivity index (χ1n) is 9.64. The molecule has 12 heteroatoms. The number of anilines is 1. The standard InChI is InChI=1S/C19H21F3N6O3/c1-31-13-8-12(17(29)24-10-19(20,21)22)25-16-15(13)27-7-5-11(9-27)28(16)18(30)26-14-4-2-3-6-23-14/h2-4,6,8,11-12,25H,5,7,9-10H2,1H3,(H,24,29)(H,23,26,30)/t11-,12?/m0/s1. The Hall–Kier alpha value is -3.44. The van der Waals surface area contributed by atoms with Gasteiger partial charge >= 0.3 is 12.2 Å². The minimum atomic E-state index is -4.53. The van der Waals surface area contributed by atoms with Gasteiger partial charge in [0.05, 0.1) is 13.2 Å². The highest BCUT2D eigenvalue weighted by Gasteiger charge is 2.45. The second-order valence-electron chi connectivity index (χ2n) is 7.29. The van der Waals surface area contributed by atoms with Crippen molar-refractivity contribution in [2.75, 3.05) is 32.1 Å². The molecule has 1 aromatic rings. The molecule has 4 rings (SSSR count). The number of nitrogens with one attached hydrogen (secondary N) is 3. The Morgan fingerprint density at radius 2 is 2.16 bits per heavy atom. The maximum Gasteiger partial charge on any atom is 0.405 e. The average molecular weight is 438 g/mol. The third kappa shape index (κ3) is 4.23. The van der Waals surface area contributed by atoms with Crippen LogP contribution in [0.4, 0.5) is 23.8 Å². The largest absolute Gasteiger partial charge is 0.495 e. The monoisotopic (exact) mass is 438 g/mol. The van der Waals surface area contributed by atoms with Crippen molar-refractivity contribution in [1.29, 1.82) is 0 Å². The third-order valence-electron chi connectivity index (χ3n) is 5.24. The van der Waals surface area contributed by atoms with Crippen molar-refractivity contribution in [2.45, 2.75) is 24.7 Å². The summed E-state index contributed by atoms with van der Waals surface area (Å²) in [5.74, 6) is 0.106. The molecule has 2 bridgehead atoms. The van der Waals surface area contributed by atoms with Gasteiger partial charge in [-0.1, -0.05) is 6.07 Å². The van der Waals surface area contributed by atoms with E-state index >= 15 is 0 Å². The van der Waals surface area contributed by atoms with Crippen LogP contribution in [-0.2, 0) is 9.53 Å². The van der Waals surface area contributed by atoms with E-state index in [9.17, 15) is 22.8 Å². The van der Waals surface area contributed by atoms with Gasteiger partial charge < -0.3 is 20.3 Å². The van der Waals surface area contributed by atoms with Crippen LogP contribution in [0.3, 0.4) is 0 Å². The molecular weight excluding hydrogens is 417 g/mol. The summed E-state index contributed by atoms with van der Waals surface area (Å²) in [6.07, 6.45) is -0.892. The number of methoxy groups -OCH3 is 1. The molecule has 2 atom stereocenters. The summed E-state index contributed by atoms with van der Waals surface area (Å²) in [5, 5.41) is 7.51. The Morgan fingerprint density at radius 3 is 2.84 bits per heavy atom. The number of alkyl halides is 3. The molecular formula is C19H21F3N6O3. The lowest BCUT2D eigenvalue weighted by molar-refractivity contribution is -0.139. The van der Waals surface area contributed by atoms with Crippen molar-refractivity contribution in [3.8, 4) is 0 Å². The Kier molecular flexibility index (Phi) is 5.38. The molecule has 31 heavy (non-hydrogen) atoms. The van der Waals surface area contributed by atoms with Gasteiger partial charge in [-0.15, -0.1) is 0 Å². The Labute approximate surface area is 175 Å². The topological polar surface area (TPSA) is 98.8 Å². The number of pyridine rings is 1. The van der Waals surface area contributed by atoms with Gasteiger partial charge in [0, 0.05) is 19.3 Å². The van der Waals surface area contributed by atoms with Gasteiger partial charge in [0.15, 0.2) is 0 Å². The van der Waals surface area contributed by atoms with Gasteiger partial charge in [0.1, 0.15) is 35.7 Å². The van der Waals surface area contributed by atoms with E-state index in [1.807, 2.05) is 10.2 Å². The summed E-state index contributed by atoms with van der Waals surface area (Å²) in [5.41, 5.74) is 0.590. The van der Waals surface area contributed by atoms with Crippen LogP contribution in [0.15, 0.2) is 47.7 Å². The zero-order chi connectivity index (χ0) is 22.2. The zero-order valence-electron chi connectivity index (χ0n) is 16.6. The number of carbonyl (C=O) groups excluding carboxylic acids is 2. The summed E-state index contributed by atoms with van der Waals surface area (Å²) in [7, 11) is 1.41. The first kappa shape index (κ1) is 20.8. The number of halogens is 3. The second-order valence-corrected chi connectivity index (χ2v) is 7.29. The molecule has 1 saturated heterocycles. The molecule has 1 unspecified atom stereocenters. The fraction of sp³-hybridized carbons (Fsp3) is 0.421. The first-order valence-corrected chi connectivity index (χ1v) is 9.64. The van der Waals surface area contributed by atoms with E-state index in [-0.39, 0.29) is 6.04 Å². The molecule has 1 fully saturated rings. The molecule has 0 spiro atoms. The molecule has 0 aliphatic carbocycles. The van der Waals surface area contributed by atoms with Gasteiger partial charge in [-0.25, -0.2) is 9.78 Å². The van der Waals surface area contributed by atoms with Crippen molar-refractivity contribution in [3.05, 3.63) is 47.7 Å². The van der Waals surface area contributed by atoms with E-state index in [2.05, 4.69) is 15.6 Å². The number of ether oxygens (including phenoxy) is 1. The highest BCUT2D eigenvalue weighted by atomic mass is 19.4. The highest BCUT2D eigenvalue weighted by Crippen LogP contribution is 2.37. The van der Waals surface area contributed by atoms with Gasteiger partial charge in [0.2, 0.25) is 5.91 Å². The lowest BCUT2D eigenvalue weighted by Crippen LogP contribution is -2.57. The zero-order valence-corrected chi connectivity index (χ0v) is 16.6. The van der Waals surface area contributed by atoms with E-state index in [0.717, 1.165) is 0 Å². The number of urea groups is 1. The molecule has 3 N–H and O–H groups in total. The lowest BCUT2D eigenvalue weighted by atomic mass is 10.1. The number of carbonyl (C=O) groups is 2. The Bertz CT molecular complexity index is 934. The van der Waals surface area contributed by atoms with Crippen LogP contribution in [0, 0.1) is 0 Å². The average Bonchev–Trinajstić information content (AvgIpc) is 3.15.